The minimum Gasteiger partial charge on any atom is -0.477 e. The van der Waals surface area contributed by atoms with Crippen LogP contribution in [-0.4, -0.2) is 40.8 Å². The van der Waals surface area contributed by atoms with Crippen LogP contribution in [0, 0.1) is 0 Å². The molecule has 4 aromatic carbocycles. The van der Waals surface area contributed by atoms with E-state index in [2.05, 4.69) is 58.4 Å². The normalized spacial score (nSPS) is 13.1. The Kier molecular flexibility index (Phi) is 8.54. The second kappa shape index (κ2) is 13.7. The molecule has 0 spiro atoms. The van der Waals surface area contributed by atoms with Gasteiger partial charge in [-0.3, -0.25) is 0 Å². The number of aromatic nitrogens is 6. The molecule has 3 aliphatic rings. The van der Waals surface area contributed by atoms with Crippen LogP contribution in [0.15, 0.2) is 143 Å². The number of tetrazole rings is 1. The highest BCUT2D eigenvalue weighted by atomic mass is 79.9. The van der Waals surface area contributed by atoms with Gasteiger partial charge >= 0.3 is 5.97 Å². The van der Waals surface area contributed by atoms with E-state index in [0.717, 1.165) is 73.2 Å². The number of halogens is 1. The van der Waals surface area contributed by atoms with Crippen LogP contribution >= 0.6 is 15.9 Å². The van der Waals surface area contributed by atoms with E-state index in [1.54, 1.807) is 17.3 Å². The molecule has 9 nitrogen and oxygen atoms in total. The molecule has 54 heavy (non-hydrogen) atoms. The quantitative estimate of drug-likeness (QED) is 0.130. The fourth-order valence-corrected chi connectivity index (χ4v) is 8.64. The maximum absolute atomic E-state index is 12.8. The molecule has 266 valence electrons. The molecule has 6 aromatic rings. The Morgan fingerprint density at radius 2 is 1.41 bits per heavy atom. The lowest BCUT2D eigenvalue weighted by Crippen LogP contribution is -2.39. The minimum absolute atomic E-state index is 0.188. The first kappa shape index (κ1) is 33.7. The van der Waals surface area contributed by atoms with Gasteiger partial charge in [0.2, 0.25) is 5.82 Å². The molecule has 1 N–H and O–H groups in total. The standard InChI is InChI=1S/C44H35BrN6O3/c1-2-37-46-40(28-22-23-28)41(43(52)53)50(37)26-35-32-24-25-54-27-36(32)39(45)38(35)33-20-12-13-21-34(33)42-47-49-51(48-42)44(29-14-6-3-7-15-29,30-16-8-4-9-17-30)31-18-10-5-11-19-31/h3-21,24-25,27-28H,2,22-23,26H2,1H3,(H,52,53). The number of nitrogens with zero attached hydrogens (tertiary/aromatic N) is 6. The van der Waals surface area contributed by atoms with Crippen molar-refractivity contribution in [2.24, 2.45) is 0 Å². The van der Waals surface area contributed by atoms with E-state index in [-0.39, 0.29) is 11.6 Å². The van der Waals surface area contributed by atoms with E-state index in [0.29, 0.717) is 24.5 Å². The third-order valence-electron chi connectivity index (χ3n) is 10.5. The van der Waals surface area contributed by atoms with Crippen molar-refractivity contribution in [3.63, 3.8) is 0 Å². The maximum atomic E-state index is 12.8. The number of hydrogen-bond acceptors (Lipinski definition) is 6. The zero-order chi connectivity index (χ0) is 36.8. The molecule has 0 amide bonds. The lowest BCUT2D eigenvalue weighted by molar-refractivity contribution is 0.0684. The summed E-state index contributed by atoms with van der Waals surface area (Å²) in [4.78, 5) is 19.5. The molecule has 0 saturated heterocycles. The molecule has 0 bridgehead atoms. The van der Waals surface area contributed by atoms with Gasteiger partial charge in [0.15, 0.2) is 11.2 Å². The van der Waals surface area contributed by atoms with Crippen LogP contribution < -0.4 is 0 Å². The molecule has 0 unspecified atom stereocenters. The number of rotatable bonds is 11. The van der Waals surface area contributed by atoms with Gasteiger partial charge in [0.05, 0.1) is 24.8 Å². The Hall–Kier alpha value is -6.13. The summed E-state index contributed by atoms with van der Waals surface area (Å²) in [7, 11) is 0. The van der Waals surface area contributed by atoms with Crippen molar-refractivity contribution in [2.45, 2.75) is 44.2 Å². The predicted molar refractivity (Wildman–Crippen MR) is 210 cm³/mol. The van der Waals surface area contributed by atoms with Crippen LogP contribution in [0.5, 0.6) is 0 Å². The summed E-state index contributed by atoms with van der Waals surface area (Å²) in [5.41, 5.74) is 8.30. The molecule has 0 radical (unpaired) electrons. The number of aryl methyl sites for hydroxylation is 1. The van der Waals surface area contributed by atoms with E-state index in [9.17, 15) is 9.90 Å². The van der Waals surface area contributed by atoms with Crippen molar-refractivity contribution in [1.29, 1.82) is 0 Å². The third kappa shape index (κ3) is 5.48. The molecule has 0 atom stereocenters. The monoisotopic (exact) mass is 774 g/mol. The molecule has 1 aliphatic heterocycles. The van der Waals surface area contributed by atoms with Gasteiger partial charge in [-0.1, -0.05) is 122 Å². The average molecular weight is 776 g/mol. The van der Waals surface area contributed by atoms with Crippen LogP contribution in [0.2, 0.25) is 0 Å². The number of carboxylic acids is 1. The predicted octanol–water partition coefficient (Wildman–Crippen LogP) is 9.69. The number of aromatic carboxylic acids is 1. The molecule has 9 rings (SSSR count). The zero-order valence-electron chi connectivity index (χ0n) is 29.4. The van der Waals surface area contributed by atoms with Crippen molar-refractivity contribution < 1.29 is 14.3 Å². The summed E-state index contributed by atoms with van der Waals surface area (Å²) in [5, 5.41) is 25.3. The van der Waals surface area contributed by atoms with Gasteiger partial charge in [-0.15, -0.1) is 15.0 Å². The Morgan fingerprint density at radius 3 is 1.98 bits per heavy atom. The molecule has 10 heteroatoms. The number of fused-ring (bicyclic) bond motifs is 1. The number of carbonyl (C=O) groups is 1. The van der Waals surface area contributed by atoms with Crippen LogP contribution in [0.1, 0.15) is 69.9 Å². The van der Waals surface area contributed by atoms with Gasteiger partial charge in [-0.05, 0) is 73.4 Å². The summed E-state index contributed by atoms with van der Waals surface area (Å²) in [6, 6.07) is 40.8. The van der Waals surface area contributed by atoms with Gasteiger partial charge in [-0.25, -0.2) is 9.78 Å². The SMILES string of the molecule is CCc1nc(C2CC2)c(C(=O)O)n1Cc1c2ccocc-2c(Br)c1-c1ccccc1-c1nnn(C(c2ccccc2)(c2ccccc2)c2ccccc2)n1. The maximum Gasteiger partial charge on any atom is 0.354 e. The van der Waals surface area contributed by atoms with Crippen LogP contribution in [0.25, 0.3) is 33.6 Å². The Morgan fingerprint density at radius 1 is 0.815 bits per heavy atom. The number of imidazole rings is 1. The molecule has 2 aromatic heterocycles. The topological polar surface area (TPSA) is 112 Å². The number of benzene rings is 4. The smallest absolute Gasteiger partial charge is 0.354 e. The molecule has 3 heterocycles. The van der Waals surface area contributed by atoms with E-state index >= 15 is 0 Å². The van der Waals surface area contributed by atoms with Crippen molar-refractivity contribution >= 4 is 21.9 Å². The first-order chi connectivity index (χ1) is 26.5. The third-order valence-corrected chi connectivity index (χ3v) is 11.3. The highest BCUT2D eigenvalue weighted by Gasteiger charge is 2.41. The average Bonchev–Trinajstić information content (AvgIpc) is 3.73. The van der Waals surface area contributed by atoms with E-state index in [1.807, 2.05) is 90.4 Å². The van der Waals surface area contributed by atoms with Crippen molar-refractivity contribution in [1.82, 2.24) is 29.8 Å². The summed E-state index contributed by atoms with van der Waals surface area (Å²) in [6.07, 6.45) is 5.89. The number of hydrogen-bond donors (Lipinski definition) is 1. The second-order valence-electron chi connectivity index (χ2n) is 13.6. The largest absolute Gasteiger partial charge is 0.477 e. The Balaban J connectivity index is 1.25. The van der Waals surface area contributed by atoms with E-state index < -0.39 is 11.5 Å². The van der Waals surface area contributed by atoms with E-state index in [1.165, 1.54) is 0 Å². The van der Waals surface area contributed by atoms with Gasteiger partial charge in [0, 0.05) is 33.5 Å². The van der Waals surface area contributed by atoms with Crippen LogP contribution in [-0.2, 0) is 18.5 Å². The zero-order valence-corrected chi connectivity index (χ0v) is 31.0. The van der Waals surface area contributed by atoms with Gasteiger partial charge < -0.3 is 14.1 Å². The van der Waals surface area contributed by atoms with Crippen molar-refractivity contribution in [3.05, 3.63) is 178 Å². The summed E-state index contributed by atoms with van der Waals surface area (Å²) in [5.74, 6) is 0.428. The van der Waals surface area contributed by atoms with Crippen molar-refractivity contribution in [3.8, 4) is 33.6 Å². The summed E-state index contributed by atoms with van der Waals surface area (Å²) in [6.45, 7) is 2.32. The van der Waals surface area contributed by atoms with Crippen molar-refractivity contribution in [2.75, 3.05) is 0 Å². The Labute approximate surface area is 320 Å². The molecular formula is C44H35BrN6O3. The lowest BCUT2D eigenvalue weighted by Gasteiger charge is -2.34. The highest BCUT2D eigenvalue weighted by Crippen LogP contribution is 2.49. The highest BCUT2D eigenvalue weighted by molar-refractivity contribution is 9.10. The van der Waals surface area contributed by atoms with Crippen LogP contribution in [0.4, 0.5) is 0 Å². The Bertz CT molecular complexity index is 2480. The number of carboxylic acid groups (broad SMARTS) is 1. The molecular weight excluding hydrogens is 740 g/mol. The second-order valence-corrected chi connectivity index (χ2v) is 14.4. The fourth-order valence-electron chi connectivity index (χ4n) is 7.88. The van der Waals surface area contributed by atoms with Gasteiger partial charge in [-0.2, -0.15) is 0 Å². The van der Waals surface area contributed by atoms with Crippen LogP contribution in [0.3, 0.4) is 0 Å². The van der Waals surface area contributed by atoms with Gasteiger partial charge in [0.1, 0.15) is 5.82 Å². The summed E-state index contributed by atoms with van der Waals surface area (Å²) < 4.78 is 8.40. The molecule has 1 saturated carbocycles. The first-order valence-corrected chi connectivity index (χ1v) is 18.9. The molecule has 2 aliphatic carbocycles. The fraction of sp³-hybridized carbons (Fsp3) is 0.159. The van der Waals surface area contributed by atoms with Gasteiger partial charge in [0.25, 0.3) is 0 Å². The first-order valence-electron chi connectivity index (χ1n) is 18.1. The molecule has 1 fully saturated rings. The van der Waals surface area contributed by atoms with E-state index in [4.69, 9.17) is 24.8 Å². The minimum atomic E-state index is -0.962. The lowest BCUT2D eigenvalue weighted by atomic mass is 9.77. The summed E-state index contributed by atoms with van der Waals surface area (Å²) >= 11 is 3.95.